The van der Waals surface area contributed by atoms with Gasteiger partial charge in [-0.3, -0.25) is 0 Å². The SMILES string of the molecule is CCCC1CC=C(c2ccc(OCC)c(C(F)F)c2C(F)F)OC1. The second-order valence-electron chi connectivity index (χ2n) is 5.74. The predicted molar refractivity (Wildman–Crippen MR) is 84.5 cm³/mol. The summed E-state index contributed by atoms with van der Waals surface area (Å²) in [5.41, 5.74) is -1.42. The van der Waals surface area contributed by atoms with Crippen molar-refractivity contribution >= 4 is 5.76 Å². The Morgan fingerprint density at radius 1 is 1.12 bits per heavy atom. The van der Waals surface area contributed by atoms with Gasteiger partial charge in [0.05, 0.1) is 18.8 Å². The molecular weight excluding hydrogens is 324 g/mol. The first-order chi connectivity index (χ1) is 11.5. The van der Waals surface area contributed by atoms with Gasteiger partial charge in [0.15, 0.2) is 0 Å². The molecule has 6 heteroatoms. The third kappa shape index (κ3) is 4.02. The number of benzene rings is 1. The van der Waals surface area contributed by atoms with Crippen LogP contribution in [0, 0.1) is 5.92 Å². The van der Waals surface area contributed by atoms with Crippen LogP contribution in [0.4, 0.5) is 17.6 Å². The van der Waals surface area contributed by atoms with Gasteiger partial charge in [-0.25, -0.2) is 17.6 Å². The summed E-state index contributed by atoms with van der Waals surface area (Å²) in [7, 11) is 0. The van der Waals surface area contributed by atoms with E-state index < -0.39 is 24.0 Å². The van der Waals surface area contributed by atoms with Crippen molar-refractivity contribution in [1.82, 2.24) is 0 Å². The lowest BCUT2D eigenvalue weighted by Gasteiger charge is -2.25. The van der Waals surface area contributed by atoms with Crippen molar-refractivity contribution in [2.45, 2.75) is 46.0 Å². The van der Waals surface area contributed by atoms with Gasteiger partial charge in [-0.1, -0.05) is 13.3 Å². The molecule has 0 N–H and O–H groups in total. The maximum absolute atomic E-state index is 13.5. The molecule has 2 nitrogen and oxygen atoms in total. The first-order valence-electron chi connectivity index (χ1n) is 8.18. The Hall–Kier alpha value is -1.72. The zero-order valence-corrected chi connectivity index (χ0v) is 13.8. The van der Waals surface area contributed by atoms with Crippen molar-refractivity contribution < 1.29 is 27.0 Å². The van der Waals surface area contributed by atoms with Gasteiger partial charge in [-0.15, -0.1) is 0 Å². The van der Waals surface area contributed by atoms with E-state index in [1.807, 2.05) is 0 Å². The molecule has 1 aliphatic heterocycles. The van der Waals surface area contributed by atoms with Crippen molar-refractivity contribution in [2.24, 2.45) is 5.92 Å². The zero-order chi connectivity index (χ0) is 17.7. The van der Waals surface area contributed by atoms with E-state index >= 15 is 0 Å². The fourth-order valence-corrected chi connectivity index (χ4v) is 2.98. The lowest BCUT2D eigenvalue weighted by atomic mass is 9.94. The van der Waals surface area contributed by atoms with E-state index in [1.54, 1.807) is 13.0 Å². The summed E-state index contributed by atoms with van der Waals surface area (Å²) < 4.78 is 64.6. The standard InChI is InChI=1S/C18H22F4O2/c1-3-5-11-6-8-13(24-10-11)12-7-9-14(23-4-2)16(18(21)22)15(12)17(19)20/h7-9,11,17-18H,3-6,10H2,1-2H3. The highest BCUT2D eigenvalue weighted by molar-refractivity contribution is 5.67. The minimum absolute atomic E-state index is 0.0266. The minimum Gasteiger partial charge on any atom is -0.493 e. The number of rotatable bonds is 7. The second kappa shape index (κ2) is 8.40. The highest BCUT2D eigenvalue weighted by Gasteiger charge is 2.30. The van der Waals surface area contributed by atoms with E-state index in [1.165, 1.54) is 12.1 Å². The number of halogens is 4. The van der Waals surface area contributed by atoms with E-state index in [4.69, 9.17) is 9.47 Å². The molecule has 0 aromatic heterocycles. The Bertz CT molecular complexity index is 585. The second-order valence-corrected chi connectivity index (χ2v) is 5.74. The van der Waals surface area contributed by atoms with E-state index in [2.05, 4.69) is 6.92 Å². The third-order valence-electron chi connectivity index (χ3n) is 4.06. The molecular formula is C18H22F4O2. The average Bonchev–Trinajstić information content (AvgIpc) is 2.55. The Morgan fingerprint density at radius 2 is 1.83 bits per heavy atom. The lowest BCUT2D eigenvalue weighted by Crippen LogP contribution is -2.15. The summed E-state index contributed by atoms with van der Waals surface area (Å²) in [4.78, 5) is 0. The van der Waals surface area contributed by atoms with Gasteiger partial charge in [0.2, 0.25) is 0 Å². The van der Waals surface area contributed by atoms with Gasteiger partial charge >= 0.3 is 0 Å². The summed E-state index contributed by atoms with van der Waals surface area (Å²) in [5.74, 6) is 0.389. The van der Waals surface area contributed by atoms with Crippen LogP contribution in [-0.2, 0) is 4.74 Å². The van der Waals surface area contributed by atoms with Gasteiger partial charge in [-0.05, 0) is 43.9 Å². The molecule has 0 aliphatic carbocycles. The first kappa shape index (κ1) is 18.6. The minimum atomic E-state index is -3.05. The monoisotopic (exact) mass is 346 g/mol. The molecule has 134 valence electrons. The molecule has 0 amide bonds. The van der Waals surface area contributed by atoms with Crippen LogP contribution in [0.15, 0.2) is 18.2 Å². The Morgan fingerprint density at radius 3 is 2.33 bits per heavy atom. The quantitative estimate of drug-likeness (QED) is 0.552. The van der Waals surface area contributed by atoms with Gasteiger partial charge in [0.1, 0.15) is 11.5 Å². The first-order valence-corrected chi connectivity index (χ1v) is 8.18. The summed E-state index contributed by atoms with van der Waals surface area (Å²) >= 11 is 0. The number of hydrogen-bond acceptors (Lipinski definition) is 2. The maximum atomic E-state index is 13.5. The third-order valence-corrected chi connectivity index (χ3v) is 4.06. The number of allylic oxidation sites excluding steroid dienone is 1. The molecule has 0 fully saturated rings. The largest absolute Gasteiger partial charge is 0.493 e. The van der Waals surface area contributed by atoms with Crippen molar-refractivity contribution in [2.75, 3.05) is 13.2 Å². The number of hydrogen-bond donors (Lipinski definition) is 0. The van der Waals surface area contributed by atoms with E-state index in [9.17, 15) is 17.6 Å². The van der Waals surface area contributed by atoms with Crippen LogP contribution in [0.25, 0.3) is 5.76 Å². The fourth-order valence-electron chi connectivity index (χ4n) is 2.98. The van der Waals surface area contributed by atoms with Crippen LogP contribution in [0.3, 0.4) is 0 Å². The van der Waals surface area contributed by atoms with Gasteiger partial charge in [0.25, 0.3) is 12.9 Å². The normalized spacial score (nSPS) is 17.8. The highest BCUT2D eigenvalue weighted by Crippen LogP contribution is 2.42. The topological polar surface area (TPSA) is 18.5 Å². The summed E-state index contributed by atoms with van der Waals surface area (Å²) in [6.45, 7) is 4.22. The van der Waals surface area contributed by atoms with Gasteiger partial charge in [0, 0.05) is 11.1 Å². The molecule has 1 aromatic rings. The Kier molecular flexibility index (Phi) is 6.52. The lowest BCUT2D eigenvalue weighted by molar-refractivity contribution is 0.119. The zero-order valence-electron chi connectivity index (χ0n) is 13.8. The molecule has 2 rings (SSSR count). The van der Waals surface area contributed by atoms with Crippen LogP contribution in [0.2, 0.25) is 0 Å². The number of ether oxygens (including phenoxy) is 2. The Balaban J connectivity index is 2.45. The molecule has 1 heterocycles. The van der Waals surface area contributed by atoms with Crippen molar-refractivity contribution in [3.8, 4) is 5.75 Å². The van der Waals surface area contributed by atoms with Gasteiger partial charge < -0.3 is 9.47 Å². The molecule has 0 saturated heterocycles. The molecule has 0 radical (unpaired) electrons. The van der Waals surface area contributed by atoms with E-state index in [-0.39, 0.29) is 23.7 Å². The van der Waals surface area contributed by atoms with E-state index in [0.717, 1.165) is 12.8 Å². The fraction of sp³-hybridized carbons (Fsp3) is 0.556. The maximum Gasteiger partial charge on any atom is 0.267 e. The molecule has 1 aromatic carbocycles. The molecule has 0 bridgehead atoms. The van der Waals surface area contributed by atoms with E-state index in [0.29, 0.717) is 18.9 Å². The van der Waals surface area contributed by atoms with Crippen LogP contribution in [-0.4, -0.2) is 13.2 Å². The van der Waals surface area contributed by atoms with Gasteiger partial charge in [-0.2, -0.15) is 0 Å². The molecule has 1 aliphatic rings. The summed E-state index contributed by atoms with van der Waals surface area (Å²) in [5, 5.41) is 0. The molecule has 24 heavy (non-hydrogen) atoms. The van der Waals surface area contributed by atoms with Crippen LogP contribution < -0.4 is 4.74 Å². The number of alkyl halides is 4. The molecule has 0 spiro atoms. The van der Waals surface area contributed by atoms with Crippen LogP contribution in [0.1, 0.15) is 62.7 Å². The van der Waals surface area contributed by atoms with Crippen molar-refractivity contribution in [3.63, 3.8) is 0 Å². The van der Waals surface area contributed by atoms with Crippen molar-refractivity contribution in [1.29, 1.82) is 0 Å². The van der Waals surface area contributed by atoms with Crippen molar-refractivity contribution in [3.05, 3.63) is 34.9 Å². The highest BCUT2D eigenvalue weighted by atomic mass is 19.3. The molecule has 0 saturated carbocycles. The molecule has 1 unspecified atom stereocenters. The smallest absolute Gasteiger partial charge is 0.267 e. The van der Waals surface area contributed by atoms with Crippen LogP contribution >= 0.6 is 0 Å². The molecule has 1 atom stereocenters. The summed E-state index contributed by atoms with van der Waals surface area (Å²) in [6, 6.07) is 2.69. The van der Waals surface area contributed by atoms with Crippen LogP contribution in [0.5, 0.6) is 5.75 Å². The average molecular weight is 346 g/mol. The predicted octanol–water partition coefficient (Wildman–Crippen LogP) is 6.14. The Labute approximate surface area is 139 Å². The summed E-state index contributed by atoms with van der Waals surface area (Å²) in [6.07, 6.45) is -1.67.